The van der Waals surface area contributed by atoms with Crippen molar-refractivity contribution in [2.75, 3.05) is 0 Å². The predicted octanol–water partition coefficient (Wildman–Crippen LogP) is 4.45. The number of thiophene rings is 1. The molecule has 27 heavy (non-hydrogen) atoms. The van der Waals surface area contributed by atoms with Gasteiger partial charge in [0.2, 0.25) is 5.91 Å². The summed E-state index contributed by atoms with van der Waals surface area (Å²) in [5.74, 6) is 0.936. The molecule has 3 aromatic rings. The molecule has 2 heterocycles. The van der Waals surface area contributed by atoms with Gasteiger partial charge in [-0.25, -0.2) is 0 Å². The van der Waals surface area contributed by atoms with Crippen LogP contribution in [-0.4, -0.2) is 25.9 Å². The number of aromatic nitrogens is 3. The van der Waals surface area contributed by atoms with E-state index in [1.165, 1.54) is 17.3 Å². The zero-order valence-corrected chi connectivity index (χ0v) is 17.0. The molecule has 140 valence electrons. The molecule has 1 atom stereocenters. The summed E-state index contributed by atoms with van der Waals surface area (Å²) in [6.45, 7) is 4.52. The molecule has 1 N–H and O–H groups in total. The molecule has 1 aromatic carbocycles. The van der Waals surface area contributed by atoms with E-state index in [1.807, 2.05) is 25.1 Å². The average molecular weight is 399 g/mol. The molecular weight excluding hydrogens is 376 g/mol. The lowest BCUT2D eigenvalue weighted by Crippen LogP contribution is -2.30. The van der Waals surface area contributed by atoms with Gasteiger partial charge in [0.15, 0.2) is 11.0 Å². The minimum Gasteiger partial charge on any atom is -0.351 e. The van der Waals surface area contributed by atoms with Crippen LogP contribution >= 0.6 is 23.1 Å². The summed E-state index contributed by atoms with van der Waals surface area (Å²) in [6.07, 6.45) is 2.30. The minimum absolute atomic E-state index is 0.0172. The number of thioether (sulfide) groups is 1. The number of amides is 1. The number of nitrogens with one attached hydrogen (secondary N) is 1. The van der Waals surface area contributed by atoms with Gasteiger partial charge in [0.05, 0.1) is 10.1 Å². The number of nitrogens with zero attached hydrogens (tertiary/aromatic N) is 3. The first-order valence-electron chi connectivity index (χ1n) is 9.10. The first-order chi connectivity index (χ1) is 13.1. The topological polar surface area (TPSA) is 59.8 Å². The van der Waals surface area contributed by atoms with E-state index in [9.17, 15) is 4.79 Å². The van der Waals surface area contributed by atoms with E-state index in [2.05, 4.69) is 50.6 Å². The molecule has 1 aliphatic rings. The number of aryl methyl sites for hydroxylation is 1. The Kier molecular flexibility index (Phi) is 5.31. The maximum atomic E-state index is 12.5. The quantitative estimate of drug-likeness (QED) is 0.598. The van der Waals surface area contributed by atoms with E-state index in [0.29, 0.717) is 12.6 Å². The molecule has 0 aliphatic heterocycles. The molecule has 7 heteroatoms. The lowest BCUT2D eigenvalue weighted by molar-refractivity contribution is -0.120. The van der Waals surface area contributed by atoms with Crippen LogP contribution in [0, 0.1) is 6.92 Å². The van der Waals surface area contributed by atoms with Crippen LogP contribution in [0.1, 0.15) is 36.9 Å². The predicted molar refractivity (Wildman–Crippen MR) is 110 cm³/mol. The van der Waals surface area contributed by atoms with Crippen molar-refractivity contribution < 1.29 is 4.79 Å². The Hall–Kier alpha value is -2.12. The fourth-order valence-corrected chi connectivity index (χ4v) is 4.49. The molecule has 0 bridgehead atoms. The average Bonchev–Trinajstić information content (AvgIpc) is 3.19. The Morgan fingerprint density at radius 2 is 2.07 bits per heavy atom. The van der Waals surface area contributed by atoms with Crippen molar-refractivity contribution in [3.8, 4) is 10.7 Å². The summed E-state index contributed by atoms with van der Waals surface area (Å²) < 4.78 is 2.21. The molecule has 1 aliphatic carbocycles. The summed E-state index contributed by atoms with van der Waals surface area (Å²) in [4.78, 5) is 13.7. The van der Waals surface area contributed by atoms with Gasteiger partial charge >= 0.3 is 0 Å². The summed E-state index contributed by atoms with van der Waals surface area (Å²) in [7, 11) is 0. The maximum absolute atomic E-state index is 12.5. The molecular formula is C20H22N4OS2. The molecule has 2 aromatic heterocycles. The van der Waals surface area contributed by atoms with Gasteiger partial charge in [-0.3, -0.25) is 9.36 Å². The van der Waals surface area contributed by atoms with Gasteiger partial charge in [0.25, 0.3) is 0 Å². The van der Waals surface area contributed by atoms with Gasteiger partial charge in [-0.05, 0) is 43.7 Å². The highest BCUT2D eigenvalue weighted by molar-refractivity contribution is 8.00. The van der Waals surface area contributed by atoms with Crippen LogP contribution in [-0.2, 0) is 11.3 Å². The smallest absolute Gasteiger partial charge is 0.233 e. The maximum Gasteiger partial charge on any atom is 0.233 e. The van der Waals surface area contributed by atoms with Crippen molar-refractivity contribution in [1.29, 1.82) is 0 Å². The van der Waals surface area contributed by atoms with Crippen LogP contribution < -0.4 is 5.32 Å². The van der Waals surface area contributed by atoms with Crippen LogP contribution in [0.15, 0.2) is 46.9 Å². The van der Waals surface area contributed by atoms with Crippen molar-refractivity contribution in [3.63, 3.8) is 0 Å². The summed E-state index contributed by atoms with van der Waals surface area (Å²) in [5.41, 5.74) is 2.32. The molecule has 1 fully saturated rings. The number of benzene rings is 1. The largest absolute Gasteiger partial charge is 0.351 e. The van der Waals surface area contributed by atoms with Gasteiger partial charge in [0, 0.05) is 12.6 Å². The van der Waals surface area contributed by atoms with E-state index < -0.39 is 0 Å². The normalized spacial score (nSPS) is 14.9. The highest BCUT2D eigenvalue weighted by Gasteiger charge is 2.31. The molecule has 5 nitrogen and oxygen atoms in total. The van der Waals surface area contributed by atoms with Crippen LogP contribution in [0.5, 0.6) is 0 Å². The van der Waals surface area contributed by atoms with Crippen LogP contribution in [0.4, 0.5) is 0 Å². The Balaban J connectivity index is 1.42. The molecule has 0 spiro atoms. The standard InChI is InChI=1S/C20H22N4OS2/c1-13-5-7-15(8-6-13)12-21-19(25)14(2)27-20-23-22-18(17-4-3-11-26-17)24(20)16-9-10-16/h3-8,11,14,16H,9-10,12H2,1-2H3,(H,21,25). The van der Waals surface area contributed by atoms with E-state index in [4.69, 9.17) is 0 Å². The number of hydrogen-bond acceptors (Lipinski definition) is 5. The van der Waals surface area contributed by atoms with E-state index in [-0.39, 0.29) is 11.2 Å². The third-order valence-electron chi connectivity index (χ3n) is 4.56. The fourth-order valence-electron chi connectivity index (χ4n) is 2.84. The Bertz CT molecular complexity index is 914. The van der Waals surface area contributed by atoms with Crippen LogP contribution in [0.25, 0.3) is 10.7 Å². The van der Waals surface area contributed by atoms with Crippen LogP contribution in [0.2, 0.25) is 0 Å². The molecule has 0 radical (unpaired) electrons. The minimum atomic E-state index is -0.228. The zero-order valence-electron chi connectivity index (χ0n) is 15.4. The first-order valence-corrected chi connectivity index (χ1v) is 10.9. The van der Waals surface area contributed by atoms with Crippen molar-refractivity contribution in [3.05, 3.63) is 52.9 Å². The lowest BCUT2D eigenvalue weighted by Gasteiger charge is -2.13. The summed E-state index contributed by atoms with van der Waals surface area (Å²) >= 11 is 3.15. The second-order valence-corrected chi connectivity index (χ2v) is 9.10. The van der Waals surface area contributed by atoms with Crippen molar-refractivity contribution in [1.82, 2.24) is 20.1 Å². The molecule has 0 saturated heterocycles. The first kappa shape index (κ1) is 18.3. The zero-order chi connectivity index (χ0) is 18.8. The Morgan fingerprint density at radius 3 is 2.74 bits per heavy atom. The Morgan fingerprint density at radius 1 is 1.30 bits per heavy atom. The van der Waals surface area contributed by atoms with E-state index in [1.54, 1.807) is 11.3 Å². The van der Waals surface area contributed by atoms with Crippen LogP contribution in [0.3, 0.4) is 0 Å². The van der Waals surface area contributed by atoms with Gasteiger partial charge in [0.1, 0.15) is 0 Å². The molecule has 4 rings (SSSR count). The SMILES string of the molecule is Cc1ccc(CNC(=O)C(C)Sc2nnc(-c3cccs3)n2C2CC2)cc1. The number of hydrogen-bond donors (Lipinski definition) is 1. The van der Waals surface area contributed by atoms with Gasteiger partial charge in [-0.1, -0.05) is 47.7 Å². The molecule has 1 saturated carbocycles. The summed E-state index contributed by atoms with van der Waals surface area (Å²) in [5, 5.41) is 14.5. The molecule has 1 unspecified atom stereocenters. The van der Waals surface area contributed by atoms with Crippen molar-refractivity contribution in [2.24, 2.45) is 0 Å². The van der Waals surface area contributed by atoms with E-state index >= 15 is 0 Å². The third kappa shape index (κ3) is 4.25. The Labute approximate surface area is 167 Å². The van der Waals surface area contributed by atoms with E-state index in [0.717, 1.165) is 34.3 Å². The van der Waals surface area contributed by atoms with Gasteiger partial charge in [-0.2, -0.15) is 0 Å². The number of rotatable bonds is 7. The number of carbonyl (C=O) groups is 1. The highest BCUT2D eigenvalue weighted by atomic mass is 32.2. The second kappa shape index (κ2) is 7.86. The van der Waals surface area contributed by atoms with Crippen molar-refractivity contribution in [2.45, 2.75) is 49.7 Å². The summed E-state index contributed by atoms with van der Waals surface area (Å²) in [6, 6.07) is 12.8. The lowest BCUT2D eigenvalue weighted by atomic mass is 10.1. The van der Waals surface area contributed by atoms with Gasteiger partial charge < -0.3 is 5.32 Å². The highest BCUT2D eigenvalue weighted by Crippen LogP contribution is 2.42. The monoisotopic (exact) mass is 398 g/mol. The number of carbonyl (C=O) groups excluding carboxylic acids is 1. The third-order valence-corrected chi connectivity index (χ3v) is 6.48. The second-order valence-electron chi connectivity index (χ2n) is 6.85. The fraction of sp³-hybridized carbons (Fsp3) is 0.350. The van der Waals surface area contributed by atoms with Gasteiger partial charge in [-0.15, -0.1) is 21.5 Å². The molecule has 1 amide bonds. The van der Waals surface area contributed by atoms with Crippen molar-refractivity contribution >= 4 is 29.0 Å².